The van der Waals surface area contributed by atoms with Gasteiger partial charge in [-0.25, -0.2) is 0 Å². The summed E-state index contributed by atoms with van der Waals surface area (Å²) in [6, 6.07) is 3.23. The van der Waals surface area contributed by atoms with Crippen LogP contribution in [0.15, 0.2) is 12.1 Å². The highest BCUT2D eigenvalue weighted by Gasteiger charge is 2.03. The van der Waals surface area contributed by atoms with E-state index in [9.17, 15) is 10.2 Å². The van der Waals surface area contributed by atoms with Crippen molar-refractivity contribution >= 4 is 0 Å². The van der Waals surface area contributed by atoms with Crippen molar-refractivity contribution in [3.8, 4) is 11.5 Å². The van der Waals surface area contributed by atoms with Gasteiger partial charge in [0.1, 0.15) is 11.5 Å². The average molecular weight is 166 g/mol. The Morgan fingerprint density at radius 1 is 1.17 bits per heavy atom. The molecule has 2 nitrogen and oxygen atoms in total. The molecule has 12 heavy (non-hydrogen) atoms. The van der Waals surface area contributed by atoms with Gasteiger partial charge in [-0.2, -0.15) is 0 Å². The number of benzene rings is 1. The molecule has 0 bridgehead atoms. The van der Waals surface area contributed by atoms with Crippen molar-refractivity contribution in [2.75, 3.05) is 0 Å². The van der Waals surface area contributed by atoms with Gasteiger partial charge in [-0.3, -0.25) is 0 Å². The first-order valence-corrected chi connectivity index (χ1v) is 4.16. The lowest BCUT2D eigenvalue weighted by Gasteiger charge is -2.05. The van der Waals surface area contributed by atoms with Gasteiger partial charge in [0.25, 0.3) is 0 Å². The number of aromatic hydroxyl groups is 2. The Labute approximate surface area is 72.5 Å². The van der Waals surface area contributed by atoms with E-state index in [0.717, 1.165) is 18.4 Å². The summed E-state index contributed by atoms with van der Waals surface area (Å²) in [6.45, 7) is 3.81. The van der Waals surface area contributed by atoms with E-state index in [1.807, 2.05) is 6.92 Å². The van der Waals surface area contributed by atoms with Crippen LogP contribution in [-0.4, -0.2) is 10.2 Å². The number of hydrogen-bond acceptors (Lipinski definition) is 2. The molecule has 0 amide bonds. The molecule has 2 heteroatoms. The van der Waals surface area contributed by atoms with Crippen molar-refractivity contribution in [3.05, 3.63) is 23.3 Å². The third-order valence-electron chi connectivity index (χ3n) is 1.92. The normalized spacial score (nSPS) is 10.2. The molecule has 0 radical (unpaired) electrons. The zero-order chi connectivity index (χ0) is 9.14. The number of aryl methyl sites for hydroxylation is 2. The standard InChI is InChI=1S/C10H14O2/c1-3-4-8-6-9(11)7(2)5-10(8)12/h5-6,11-12H,3-4H2,1-2H3. The minimum Gasteiger partial charge on any atom is -0.508 e. The van der Waals surface area contributed by atoms with Crippen LogP contribution in [0.1, 0.15) is 24.5 Å². The van der Waals surface area contributed by atoms with Crippen molar-refractivity contribution in [1.82, 2.24) is 0 Å². The van der Waals surface area contributed by atoms with Crippen LogP contribution in [0.4, 0.5) is 0 Å². The highest BCUT2D eigenvalue weighted by molar-refractivity contribution is 5.44. The Morgan fingerprint density at radius 2 is 1.83 bits per heavy atom. The molecule has 0 atom stereocenters. The van der Waals surface area contributed by atoms with Gasteiger partial charge in [-0.1, -0.05) is 13.3 Å². The van der Waals surface area contributed by atoms with Crippen molar-refractivity contribution in [2.45, 2.75) is 26.7 Å². The lowest BCUT2D eigenvalue weighted by Crippen LogP contribution is -1.85. The van der Waals surface area contributed by atoms with E-state index in [1.165, 1.54) is 0 Å². The van der Waals surface area contributed by atoms with Gasteiger partial charge in [0, 0.05) is 0 Å². The SMILES string of the molecule is CCCc1cc(O)c(C)cc1O. The molecule has 0 fully saturated rings. The van der Waals surface area contributed by atoms with Crippen LogP contribution in [0, 0.1) is 6.92 Å². The first kappa shape index (κ1) is 8.91. The molecule has 0 aliphatic rings. The molecule has 66 valence electrons. The molecule has 2 N–H and O–H groups in total. The first-order chi connectivity index (χ1) is 5.65. The molecule has 1 rings (SSSR count). The summed E-state index contributed by atoms with van der Waals surface area (Å²) >= 11 is 0. The first-order valence-electron chi connectivity index (χ1n) is 4.16. The summed E-state index contributed by atoms with van der Waals surface area (Å²) < 4.78 is 0. The average Bonchev–Trinajstić information content (AvgIpc) is 2.01. The van der Waals surface area contributed by atoms with E-state index in [1.54, 1.807) is 19.1 Å². The number of rotatable bonds is 2. The summed E-state index contributed by atoms with van der Waals surface area (Å²) in [5, 5.41) is 18.8. The maximum Gasteiger partial charge on any atom is 0.119 e. The third kappa shape index (κ3) is 1.70. The molecule has 0 aliphatic heterocycles. The van der Waals surface area contributed by atoms with E-state index in [0.29, 0.717) is 5.56 Å². The highest BCUT2D eigenvalue weighted by atomic mass is 16.3. The Bertz CT molecular complexity index is 279. The molecule has 1 aromatic rings. The maximum absolute atomic E-state index is 9.44. The molecule has 0 aliphatic carbocycles. The van der Waals surface area contributed by atoms with E-state index in [2.05, 4.69) is 0 Å². The summed E-state index contributed by atoms with van der Waals surface area (Å²) in [4.78, 5) is 0. The van der Waals surface area contributed by atoms with Crippen LogP contribution in [0.3, 0.4) is 0 Å². The van der Waals surface area contributed by atoms with Crippen LogP contribution in [0.25, 0.3) is 0 Å². The quantitative estimate of drug-likeness (QED) is 0.662. The van der Waals surface area contributed by atoms with Crippen molar-refractivity contribution < 1.29 is 10.2 Å². The molecule has 1 aromatic carbocycles. The summed E-state index contributed by atoms with van der Waals surface area (Å²) in [7, 11) is 0. The van der Waals surface area contributed by atoms with Crippen molar-refractivity contribution in [1.29, 1.82) is 0 Å². The van der Waals surface area contributed by atoms with Crippen molar-refractivity contribution in [3.63, 3.8) is 0 Å². The zero-order valence-corrected chi connectivity index (χ0v) is 7.46. The number of hydrogen-bond donors (Lipinski definition) is 2. The van der Waals surface area contributed by atoms with Crippen LogP contribution in [0.2, 0.25) is 0 Å². The zero-order valence-electron chi connectivity index (χ0n) is 7.46. The largest absolute Gasteiger partial charge is 0.508 e. The predicted octanol–water partition coefficient (Wildman–Crippen LogP) is 2.36. The lowest BCUT2D eigenvalue weighted by atomic mass is 10.1. The molecule has 0 unspecified atom stereocenters. The third-order valence-corrected chi connectivity index (χ3v) is 1.92. The molecule has 0 saturated heterocycles. The van der Waals surface area contributed by atoms with Gasteiger partial charge >= 0.3 is 0 Å². The van der Waals surface area contributed by atoms with Gasteiger partial charge in [-0.15, -0.1) is 0 Å². The fourth-order valence-corrected chi connectivity index (χ4v) is 1.19. The second-order valence-corrected chi connectivity index (χ2v) is 3.02. The topological polar surface area (TPSA) is 40.5 Å². The number of phenols is 2. The molecule has 0 saturated carbocycles. The van der Waals surface area contributed by atoms with Gasteiger partial charge in [-0.05, 0) is 36.6 Å². The smallest absolute Gasteiger partial charge is 0.119 e. The lowest BCUT2D eigenvalue weighted by molar-refractivity contribution is 0.450. The van der Waals surface area contributed by atoms with Crippen LogP contribution < -0.4 is 0 Å². The molecular weight excluding hydrogens is 152 g/mol. The minimum absolute atomic E-state index is 0.260. The maximum atomic E-state index is 9.44. The summed E-state index contributed by atoms with van der Waals surface area (Å²) in [6.07, 6.45) is 1.77. The van der Waals surface area contributed by atoms with Gasteiger partial charge in [0.15, 0.2) is 0 Å². The van der Waals surface area contributed by atoms with Crippen LogP contribution in [0.5, 0.6) is 11.5 Å². The highest BCUT2D eigenvalue weighted by Crippen LogP contribution is 2.27. The van der Waals surface area contributed by atoms with Gasteiger partial charge in [0.05, 0.1) is 0 Å². The number of phenolic OH excluding ortho intramolecular Hbond substituents is 2. The van der Waals surface area contributed by atoms with Crippen molar-refractivity contribution in [2.24, 2.45) is 0 Å². The molecule has 0 heterocycles. The Balaban J connectivity index is 3.05. The Kier molecular flexibility index (Phi) is 2.58. The summed E-state index contributed by atoms with van der Waals surface area (Å²) in [5.41, 5.74) is 1.54. The van der Waals surface area contributed by atoms with E-state index >= 15 is 0 Å². The van der Waals surface area contributed by atoms with Crippen LogP contribution >= 0.6 is 0 Å². The molecule has 0 spiro atoms. The monoisotopic (exact) mass is 166 g/mol. The summed E-state index contributed by atoms with van der Waals surface area (Å²) in [5.74, 6) is 0.545. The minimum atomic E-state index is 0.260. The van der Waals surface area contributed by atoms with E-state index in [-0.39, 0.29) is 11.5 Å². The predicted molar refractivity (Wildman–Crippen MR) is 48.5 cm³/mol. The van der Waals surface area contributed by atoms with E-state index < -0.39 is 0 Å². The Morgan fingerprint density at radius 3 is 2.42 bits per heavy atom. The second kappa shape index (κ2) is 3.48. The molecule has 0 aromatic heterocycles. The van der Waals surface area contributed by atoms with Gasteiger partial charge in [0.2, 0.25) is 0 Å². The molecular formula is C10H14O2. The van der Waals surface area contributed by atoms with Gasteiger partial charge < -0.3 is 10.2 Å². The van der Waals surface area contributed by atoms with E-state index in [4.69, 9.17) is 0 Å². The fraction of sp³-hybridized carbons (Fsp3) is 0.400. The Hall–Kier alpha value is -1.18. The fourth-order valence-electron chi connectivity index (χ4n) is 1.19. The van der Waals surface area contributed by atoms with Crippen LogP contribution in [-0.2, 0) is 6.42 Å². The second-order valence-electron chi connectivity index (χ2n) is 3.02.